The summed E-state index contributed by atoms with van der Waals surface area (Å²) >= 11 is 3.77. The molecular weight excluding hydrogens is 508 g/mol. The van der Waals surface area contributed by atoms with E-state index < -0.39 is 0 Å². The van der Waals surface area contributed by atoms with E-state index in [9.17, 15) is 0 Å². The lowest BCUT2D eigenvalue weighted by molar-refractivity contribution is 0.630. The number of nitrogens with one attached hydrogen (secondary N) is 2. The van der Waals surface area contributed by atoms with Crippen molar-refractivity contribution in [3.05, 3.63) is 76.3 Å². The van der Waals surface area contributed by atoms with Crippen LogP contribution in [-0.4, -0.2) is 35.0 Å². The number of benzene rings is 2. The molecule has 4 heterocycles. The lowest BCUT2D eigenvalue weighted by atomic mass is 10.0. The smallest absolute Gasteiger partial charge is 0.205 e. The number of aryl methyl sites for hydroxylation is 2. The van der Waals surface area contributed by atoms with E-state index in [1.54, 1.807) is 0 Å². The SMILES string of the molecule is CCc1cc(NCc2ccc3oc(-c4ccccc4-c4nn[nH]n4)c(Br)c3c2)n2cnc(C)c2n1. The first-order chi connectivity index (χ1) is 17.1. The van der Waals surface area contributed by atoms with Crippen molar-refractivity contribution in [2.45, 2.75) is 26.8 Å². The number of rotatable bonds is 6. The van der Waals surface area contributed by atoms with E-state index in [2.05, 4.69) is 72.0 Å². The molecule has 0 saturated carbocycles. The number of anilines is 1. The molecule has 0 radical (unpaired) electrons. The third-order valence-corrected chi connectivity index (χ3v) is 6.80. The number of hydrogen-bond donors (Lipinski definition) is 2. The number of nitrogens with zero attached hydrogens (tertiary/aromatic N) is 6. The molecule has 9 nitrogen and oxygen atoms in total. The van der Waals surface area contributed by atoms with Gasteiger partial charge in [0.05, 0.1) is 10.2 Å². The highest BCUT2D eigenvalue weighted by atomic mass is 79.9. The van der Waals surface area contributed by atoms with Gasteiger partial charge in [-0.3, -0.25) is 4.40 Å². The van der Waals surface area contributed by atoms with Crippen LogP contribution < -0.4 is 5.32 Å². The summed E-state index contributed by atoms with van der Waals surface area (Å²) in [7, 11) is 0. The predicted octanol–water partition coefficient (Wildman–Crippen LogP) is 5.57. The van der Waals surface area contributed by atoms with Gasteiger partial charge in [0.2, 0.25) is 5.82 Å². The summed E-state index contributed by atoms with van der Waals surface area (Å²) in [4.78, 5) is 9.13. The molecular formula is C25H21BrN8O. The van der Waals surface area contributed by atoms with Crippen LogP contribution in [-0.2, 0) is 13.0 Å². The summed E-state index contributed by atoms with van der Waals surface area (Å²) in [6.45, 7) is 4.72. The first-order valence-electron chi connectivity index (χ1n) is 11.2. The Labute approximate surface area is 208 Å². The van der Waals surface area contributed by atoms with Gasteiger partial charge in [-0.1, -0.05) is 37.3 Å². The van der Waals surface area contributed by atoms with E-state index >= 15 is 0 Å². The topological polar surface area (TPSA) is 110 Å². The molecule has 0 amide bonds. The number of aromatic nitrogens is 7. The molecule has 4 aromatic heterocycles. The Morgan fingerprint density at radius 2 is 1.97 bits per heavy atom. The number of halogens is 1. The van der Waals surface area contributed by atoms with Crippen molar-refractivity contribution >= 4 is 38.4 Å². The molecule has 0 bridgehead atoms. The molecule has 0 aliphatic carbocycles. The molecule has 2 aromatic carbocycles. The van der Waals surface area contributed by atoms with Crippen molar-refractivity contribution in [2.24, 2.45) is 0 Å². The fraction of sp³-hybridized carbons (Fsp3) is 0.160. The second-order valence-electron chi connectivity index (χ2n) is 8.22. The Hall–Kier alpha value is -4.05. The Balaban J connectivity index is 1.34. The van der Waals surface area contributed by atoms with Crippen LogP contribution in [0.1, 0.15) is 23.9 Å². The Morgan fingerprint density at radius 1 is 1.11 bits per heavy atom. The van der Waals surface area contributed by atoms with Gasteiger partial charge in [-0.05, 0) is 52.2 Å². The maximum atomic E-state index is 6.26. The normalized spacial score (nSPS) is 11.5. The lowest BCUT2D eigenvalue weighted by Crippen LogP contribution is -2.06. The minimum atomic E-state index is 0.516. The van der Waals surface area contributed by atoms with Crippen LogP contribution in [0.25, 0.3) is 39.3 Å². The second kappa shape index (κ2) is 8.62. The summed E-state index contributed by atoms with van der Waals surface area (Å²) in [5.74, 6) is 2.21. The molecule has 10 heteroatoms. The van der Waals surface area contributed by atoms with Crippen molar-refractivity contribution in [1.29, 1.82) is 0 Å². The van der Waals surface area contributed by atoms with Crippen LogP contribution in [0.2, 0.25) is 0 Å². The number of H-pyrrole nitrogens is 1. The molecule has 0 spiro atoms. The maximum Gasteiger partial charge on any atom is 0.205 e. The molecule has 0 atom stereocenters. The molecule has 0 aliphatic heterocycles. The number of imidazole rings is 1. The molecule has 35 heavy (non-hydrogen) atoms. The van der Waals surface area contributed by atoms with Crippen LogP contribution in [0.15, 0.2) is 63.7 Å². The van der Waals surface area contributed by atoms with Crippen LogP contribution >= 0.6 is 15.9 Å². The summed E-state index contributed by atoms with van der Waals surface area (Å²) in [5, 5.41) is 19.0. The average Bonchev–Trinajstić information content (AvgIpc) is 3.63. The molecule has 0 saturated heterocycles. The third kappa shape index (κ3) is 3.75. The minimum Gasteiger partial charge on any atom is -0.455 e. The summed E-state index contributed by atoms with van der Waals surface area (Å²) in [6.07, 6.45) is 2.67. The van der Waals surface area contributed by atoms with Gasteiger partial charge in [0.25, 0.3) is 0 Å². The molecule has 0 fully saturated rings. The quantitative estimate of drug-likeness (QED) is 0.290. The van der Waals surface area contributed by atoms with Gasteiger partial charge in [0.1, 0.15) is 23.5 Å². The van der Waals surface area contributed by atoms with E-state index in [1.807, 2.05) is 48.0 Å². The predicted molar refractivity (Wildman–Crippen MR) is 137 cm³/mol. The number of hydrogen-bond acceptors (Lipinski definition) is 7. The highest BCUT2D eigenvalue weighted by Crippen LogP contribution is 2.41. The van der Waals surface area contributed by atoms with Crippen molar-refractivity contribution in [3.63, 3.8) is 0 Å². The highest BCUT2D eigenvalue weighted by Gasteiger charge is 2.19. The van der Waals surface area contributed by atoms with E-state index in [-0.39, 0.29) is 0 Å². The van der Waals surface area contributed by atoms with Crippen molar-refractivity contribution in [3.8, 4) is 22.7 Å². The van der Waals surface area contributed by atoms with Gasteiger partial charge in [-0.15, -0.1) is 10.2 Å². The van der Waals surface area contributed by atoms with Crippen molar-refractivity contribution in [2.75, 3.05) is 5.32 Å². The standard InChI is InChI=1S/C25H21BrN8O/c1-3-16-11-21(34-13-28-14(2)25(34)29-16)27-12-15-8-9-20-19(10-15)22(26)23(35-20)17-6-4-5-7-18(17)24-30-32-33-31-24/h4-11,13,27H,3,12H2,1-2H3,(H,30,31,32,33). The van der Waals surface area contributed by atoms with Crippen molar-refractivity contribution < 1.29 is 4.42 Å². The molecule has 6 aromatic rings. The fourth-order valence-electron chi connectivity index (χ4n) is 4.20. The van der Waals surface area contributed by atoms with E-state index in [0.29, 0.717) is 12.4 Å². The Morgan fingerprint density at radius 3 is 2.77 bits per heavy atom. The molecule has 0 aliphatic rings. The number of tetrazole rings is 1. The van der Waals surface area contributed by atoms with E-state index in [4.69, 9.17) is 9.40 Å². The third-order valence-electron chi connectivity index (χ3n) is 6.02. The van der Waals surface area contributed by atoms with Crippen LogP contribution in [0, 0.1) is 6.92 Å². The number of aromatic amines is 1. The molecule has 2 N–H and O–H groups in total. The minimum absolute atomic E-state index is 0.516. The summed E-state index contributed by atoms with van der Waals surface area (Å²) in [5.41, 5.74) is 6.47. The summed E-state index contributed by atoms with van der Waals surface area (Å²) < 4.78 is 9.14. The molecule has 6 rings (SSSR count). The first kappa shape index (κ1) is 21.5. The number of furan rings is 1. The first-order valence-corrected chi connectivity index (χ1v) is 12.0. The Bertz CT molecular complexity index is 1670. The van der Waals surface area contributed by atoms with Crippen LogP contribution in [0.5, 0.6) is 0 Å². The van der Waals surface area contributed by atoms with Gasteiger partial charge >= 0.3 is 0 Å². The molecule has 0 unspecified atom stereocenters. The maximum absolute atomic E-state index is 6.26. The Kier molecular flexibility index (Phi) is 5.29. The van der Waals surface area contributed by atoms with Gasteiger partial charge in [0, 0.05) is 34.8 Å². The van der Waals surface area contributed by atoms with Crippen LogP contribution in [0.4, 0.5) is 5.82 Å². The van der Waals surface area contributed by atoms with E-state index in [0.717, 1.165) is 67.2 Å². The lowest BCUT2D eigenvalue weighted by Gasteiger charge is -2.11. The summed E-state index contributed by atoms with van der Waals surface area (Å²) in [6, 6.07) is 16.1. The van der Waals surface area contributed by atoms with Crippen molar-refractivity contribution in [1.82, 2.24) is 35.0 Å². The zero-order valence-corrected chi connectivity index (χ0v) is 20.7. The largest absolute Gasteiger partial charge is 0.455 e. The average molecular weight is 529 g/mol. The number of fused-ring (bicyclic) bond motifs is 2. The zero-order valence-electron chi connectivity index (χ0n) is 19.1. The second-order valence-corrected chi connectivity index (χ2v) is 9.01. The van der Waals surface area contributed by atoms with Gasteiger partial charge in [-0.2, -0.15) is 5.21 Å². The van der Waals surface area contributed by atoms with Gasteiger partial charge in [-0.25, -0.2) is 9.97 Å². The van der Waals surface area contributed by atoms with Gasteiger partial charge in [0.15, 0.2) is 5.65 Å². The zero-order chi connectivity index (χ0) is 23.9. The van der Waals surface area contributed by atoms with Gasteiger partial charge < -0.3 is 9.73 Å². The fourth-order valence-corrected chi connectivity index (χ4v) is 4.80. The monoisotopic (exact) mass is 528 g/mol. The van der Waals surface area contributed by atoms with E-state index in [1.165, 1.54) is 0 Å². The highest BCUT2D eigenvalue weighted by molar-refractivity contribution is 9.10. The molecule has 174 valence electrons. The van der Waals surface area contributed by atoms with Crippen LogP contribution in [0.3, 0.4) is 0 Å².